The van der Waals surface area contributed by atoms with Gasteiger partial charge < -0.3 is 10.5 Å². The summed E-state index contributed by atoms with van der Waals surface area (Å²) in [4.78, 5) is 11.2. The molecular weight excluding hydrogens is 273 g/mol. The number of esters is 1. The first-order valence-electron chi connectivity index (χ1n) is 5.88. The van der Waals surface area contributed by atoms with E-state index >= 15 is 0 Å². The van der Waals surface area contributed by atoms with E-state index in [9.17, 15) is 4.79 Å². The molecule has 1 aromatic rings. The third-order valence-electron chi connectivity index (χ3n) is 2.52. The van der Waals surface area contributed by atoms with Crippen LogP contribution in [-0.4, -0.2) is 18.6 Å². The second-order valence-corrected chi connectivity index (χ2v) is 4.89. The molecular formula is C13H17Cl2NO2. The van der Waals surface area contributed by atoms with Gasteiger partial charge in [0.05, 0.1) is 6.61 Å². The Balaban J connectivity index is 2.44. The summed E-state index contributed by atoms with van der Waals surface area (Å²) in [6.07, 6.45) is 1.54. The van der Waals surface area contributed by atoms with Crippen LogP contribution >= 0.6 is 23.2 Å². The van der Waals surface area contributed by atoms with Gasteiger partial charge in [-0.1, -0.05) is 29.3 Å². The minimum Gasteiger partial charge on any atom is -0.466 e. The molecule has 1 aromatic carbocycles. The highest BCUT2D eigenvalue weighted by Gasteiger charge is 2.10. The standard InChI is InChI=1S/C13H17Cl2NO2/c1-2-18-13(17)6-5-11(16)7-9-3-4-10(14)8-12(9)15/h3-4,8,11H,2,5-7,16H2,1H3. The fraction of sp³-hybridized carbons (Fsp3) is 0.462. The number of nitrogens with two attached hydrogens (primary N) is 1. The smallest absolute Gasteiger partial charge is 0.305 e. The number of rotatable bonds is 6. The van der Waals surface area contributed by atoms with Crippen LogP contribution in [0.1, 0.15) is 25.3 Å². The summed E-state index contributed by atoms with van der Waals surface area (Å²) < 4.78 is 4.84. The summed E-state index contributed by atoms with van der Waals surface area (Å²) in [5, 5.41) is 1.21. The van der Waals surface area contributed by atoms with Crippen molar-refractivity contribution in [1.82, 2.24) is 0 Å². The van der Waals surface area contributed by atoms with E-state index in [4.69, 9.17) is 33.7 Å². The van der Waals surface area contributed by atoms with Crippen molar-refractivity contribution >= 4 is 29.2 Å². The average molecular weight is 290 g/mol. The van der Waals surface area contributed by atoms with Crippen molar-refractivity contribution < 1.29 is 9.53 Å². The summed E-state index contributed by atoms with van der Waals surface area (Å²) in [6, 6.07) is 5.21. The Labute approximate surface area is 117 Å². The van der Waals surface area contributed by atoms with Crippen LogP contribution in [0, 0.1) is 0 Å². The molecule has 0 amide bonds. The van der Waals surface area contributed by atoms with Gasteiger partial charge in [-0.15, -0.1) is 0 Å². The van der Waals surface area contributed by atoms with Gasteiger partial charge in [-0.3, -0.25) is 4.79 Å². The highest BCUT2D eigenvalue weighted by atomic mass is 35.5. The van der Waals surface area contributed by atoms with Gasteiger partial charge in [0.25, 0.3) is 0 Å². The van der Waals surface area contributed by atoms with E-state index in [1.54, 1.807) is 19.1 Å². The number of carbonyl (C=O) groups is 1. The van der Waals surface area contributed by atoms with Crippen molar-refractivity contribution in [2.75, 3.05) is 6.61 Å². The number of halogens is 2. The maximum absolute atomic E-state index is 11.2. The van der Waals surface area contributed by atoms with Crippen LogP contribution in [0.5, 0.6) is 0 Å². The van der Waals surface area contributed by atoms with Crippen molar-refractivity contribution in [1.29, 1.82) is 0 Å². The molecule has 0 bridgehead atoms. The van der Waals surface area contributed by atoms with Crippen molar-refractivity contribution in [3.05, 3.63) is 33.8 Å². The molecule has 0 aliphatic carbocycles. The third kappa shape index (κ3) is 5.25. The molecule has 0 saturated heterocycles. The van der Waals surface area contributed by atoms with Gasteiger partial charge in [-0.2, -0.15) is 0 Å². The highest BCUT2D eigenvalue weighted by Crippen LogP contribution is 2.22. The zero-order valence-electron chi connectivity index (χ0n) is 10.3. The van der Waals surface area contributed by atoms with Crippen LogP contribution in [0.4, 0.5) is 0 Å². The topological polar surface area (TPSA) is 52.3 Å². The number of hydrogen-bond acceptors (Lipinski definition) is 3. The Bertz CT molecular complexity index is 410. The minimum atomic E-state index is -0.213. The molecule has 0 aromatic heterocycles. The molecule has 100 valence electrons. The Morgan fingerprint density at radius 3 is 2.78 bits per heavy atom. The normalized spacial score (nSPS) is 12.2. The lowest BCUT2D eigenvalue weighted by molar-refractivity contribution is -0.143. The van der Waals surface area contributed by atoms with Crippen molar-refractivity contribution in [3.63, 3.8) is 0 Å². The van der Waals surface area contributed by atoms with Gasteiger partial charge in [0, 0.05) is 22.5 Å². The monoisotopic (exact) mass is 289 g/mol. The molecule has 1 unspecified atom stereocenters. The van der Waals surface area contributed by atoms with Crippen LogP contribution in [0.2, 0.25) is 10.0 Å². The predicted molar refractivity (Wildman–Crippen MR) is 74.0 cm³/mol. The lowest BCUT2D eigenvalue weighted by Gasteiger charge is -2.12. The Morgan fingerprint density at radius 1 is 1.44 bits per heavy atom. The largest absolute Gasteiger partial charge is 0.466 e. The Morgan fingerprint density at radius 2 is 2.17 bits per heavy atom. The molecule has 0 heterocycles. The van der Waals surface area contributed by atoms with Gasteiger partial charge in [0.15, 0.2) is 0 Å². The predicted octanol–water partition coefficient (Wildman–Crippen LogP) is 3.21. The Hall–Kier alpha value is -0.770. The van der Waals surface area contributed by atoms with Crippen molar-refractivity contribution in [2.24, 2.45) is 5.73 Å². The SMILES string of the molecule is CCOC(=O)CCC(N)Cc1ccc(Cl)cc1Cl. The average Bonchev–Trinajstić information content (AvgIpc) is 2.31. The quantitative estimate of drug-likeness (QED) is 0.818. The van der Waals surface area contributed by atoms with Crippen molar-refractivity contribution in [2.45, 2.75) is 32.2 Å². The molecule has 0 spiro atoms. The van der Waals surface area contributed by atoms with E-state index in [2.05, 4.69) is 0 Å². The van der Waals surface area contributed by atoms with E-state index in [1.165, 1.54) is 0 Å². The van der Waals surface area contributed by atoms with E-state index in [0.717, 1.165) is 5.56 Å². The summed E-state index contributed by atoms with van der Waals surface area (Å²) in [6.45, 7) is 2.18. The van der Waals surface area contributed by atoms with E-state index in [0.29, 0.717) is 35.9 Å². The first-order chi connectivity index (χ1) is 8.52. The van der Waals surface area contributed by atoms with E-state index < -0.39 is 0 Å². The summed E-state index contributed by atoms with van der Waals surface area (Å²) in [5.41, 5.74) is 6.90. The van der Waals surface area contributed by atoms with Crippen LogP contribution < -0.4 is 5.73 Å². The lowest BCUT2D eigenvalue weighted by atomic mass is 10.0. The van der Waals surface area contributed by atoms with Gasteiger partial charge in [0.1, 0.15) is 0 Å². The van der Waals surface area contributed by atoms with Crippen LogP contribution in [0.25, 0.3) is 0 Å². The first-order valence-corrected chi connectivity index (χ1v) is 6.63. The zero-order chi connectivity index (χ0) is 13.5. The zero-order valence-corrected chi connectivity index (χ0v) is 11.8. The third-order valence-corrected chi connectivity index (χ3v) is 3.11. The van der Waals surface area contributed by atoms with Gasteiger partial charge in [0.2, 0.25) is 0 Å². The van der Waals surface area contributed by atoms with Gasteiger partial charge >= 0.3 is 5.97 Å². The first kappa shape index (κ1) is 15.3. The van der Waals surface area contributed by atoms with Crippen molar-refractivity contribution in [3.8, 4) is 0 Å². The van der Waals surface area contributed by atoms with Crippen LogP contribution in [0.3, 0.4) is 0 Å². The number of hydrogen-bond donors (Lipinski definition) is 1. The molecule has 1 rings (SSSR count). The number of benzene rings is 1. The van der Waals surface area contributed by atoms with E-state index in [1.807, 2.05) is 6.07 Å². The van der Waals surface area contributed by atoms with Gasteiger partial charge in [-0.25, -0.2) is 0 Å². The second kappa shape index (κ2) is 7.62. The Kier molecular flexibility index (Phi) is 6.47. The maximum atomic E-state index is 11.2. The van der Waals surface area contributed by atoms with Crippen LogP contribution in [-0.2, 0) is 16.0 Å². The number of carbonyl (C=O) groups excluding carboxylic acids is 1. The molecule has 5 heteroatoms. The maximum Gasteiger partial charge on any atom is 0.305 e. The molecule has 3 nitrogen and oxygen atoms in total. The highest BCUT2D eigenvalue weighted by molar-refractivity contribution is 6.35. The molecule has 0 fully saturated rings. The minimum absolute atomic E-state index is 0.118. The molecule has 0 saturated carbocycles. The molecule has 0 radical (unpaired) electrons. The van der Waals surface area contributed by atoms with Gasteiger partial charge in [-0.05, 0) is 37.5 Å². The lowest BCUT2D eigenvalue weighted by Crippen LogP contribution is -2.24. The molecule has 0 aliphatic rings. The fourth-order valence-electron chi connectivity index (χ4n) is 1.61. The molecule has 0 aliphatic heterocycles. The van der Waals surface area contributed by atoms with Crippen LogP contribution in [0.15, 0.2) is 18.2 Å². The summed E-state index contributed by atoms with van der Waals surface area (Å²) in [5.74, 6) is -0.213. The summed E-state index contributed by atoms with van der Waals surface area (Å²) in [7, 11) is 0. The summed E-state index contributed by atoms with van der Waals surface area (Å²) >= 11 is 11.9. The van der Waals surface area contributed by atoms with E-state index in [-0.39, 0.29) is 12.0 Å². The molecule has 2 N–H and O–H groups in total. The fourth-order valence-corrected chi connectivity index (χ4v) is 2.09. The number of ether oxygens (including phenoxy) is 1. The molecule has 18 heavy (non-hydrogen) atoms. The molecule has 1 atom stereocenters. The second-order valence-electron chi connectivity index (χ2n) is 4.04.